The van der Waals surface area contributed by atoms with Crippen LogP contribution < -0.4 is 5.32 Å². The van der Waals surface area contributed by atoms with Crippen molar-refractivity contribution in [2.24, 2.45) is 0 Å². The number of benzene rings is 2. The summed E-state index contributed by atoms with van der Waals surface area (Å²) in [5, 5.41) is 2.63. The fourth-order valence-electron chi connectivity index (χ4n) is 1.94. The largest absolute Gasteiger partial charge is 0.416 e. The van der Waals surface area contributed by atoms with E-state index in [2.05, 4.69) is 5.32 Å². The SMILES string of the molecule is Cc1ccccc1S(=O)(=O)CNc1ccc(C(F)(F)F)cc1. The van der Waals surface area contributed by atoms with E-state index in [0.29, 0.717) is 11.3 Å². The molecular formula is C15H14F3NO2S. The van der Waals surface area contributed by atoms with E-state index in [-0.39, 0.29) is 10.8 Å². The van der Waals surface area contributed by atoms with Crippen molar-refractivity contribution in [3.05, 3.63) is 59.7 Å². The lowest BCUT2D eigenvalue weighted by Gasteiger charge is -2.11. The fraction of sp³-hybridized carbons (Fsp3) is 0.200. The van der Waals surface area contributed by atoms with Gasteiger partial charge in [0.25, 0.3) is 0 Å². The summed E-state index contributed by atoms with van der Waals surface area (Å²) in [6.07, 6.45) is -4.41. The van der Waals surface area contributed by atoms with Crippen LogP contribution in [-0.2, 0) is 16.0 Å². The Morgan fingerprint density at radius 3 is 2.14 bits per heavy atom. The molecule has 2 aromatic rings. The van der Waals surface area contributed by atoms with Gasteiger partial charge in [-0.15, -0.1) is 0 Å². The quantitative estimate of drug-likeness (QED) is 0.926. The second-order valence-corrected chi connectivity index (χ2v) is 6.73. The number of anilines is 1. The molecule has 1 N–H and O–H groups in total. The van der Waals surface area contributed by atoms with E-state index in [1.165, 1.54) is 18.2 Å². The van der Waals surface area contributed by atoms with Crippen LogP contribution in [0.15, 0.2) is 53.4 Å². The first-order chi connectivity index (χ1) is 10.2. The zero-order valence-corrected chi connectivity index (χ0v) is 12.5. The summed E-state index contributed by atoms with van der Waals surface area (Å²) >= 11 is 0. The van der Waals surface area contributed by atoms with Gasteiger partial charge in [-0.05, 0) is 42.8 Å². The van der Waals surface area contributed by atoms with Gasteiger partial charge >= 0.3 is 6.18 Å². The molecule has 3 nitrogen and oxygen atoms in total. The molecule has 0 saturated heterocycles. The lowest BCUT2D eigenvalue weighted by molar-refractivity contribution is -0.137. The third-order valence-electron chi connectivity index (χ3n) is 3.11. The number of hydrogen-bond acceptors (Lipinski definition) is 3. The molecule has 0 unspecified atom stereocenters. The number of aryl methyl sites for hydroxylation is 1. The van der Waals surface area contributed by atoms with E-state index >= 15 is 0 Å². The molecular weight excluding hydrogens is 315 g/mol. The van der Waals surface area contributed by atoms with Crippen molar-refractivity contribution >= 4 is 15.5 Å². The smallest absolute Gasteiger partial charge is 0.371 e. The fourth-order valence-corrected chi connectivity index (χ4v) is 3.30. The monoisotopic (exact) mass is 329 g/mol. The standard InChI is InChI=1S/C15H14F3NO2S/c1-11-4-2-3-5-14(11)22(20,21)10-19-13-8-6-12(7-9-13)15(16,17)18/h2-9,19H,10H2,1H3. The average Bonchev–Trinajstić information content (AvgIpc) is 2.45. The van der Waals surface area contributed by atoms with Crippen molar-refractivity contribution in [3.63, 3.8) is 0 Å². The molecule has 0 radical (unpaired) electrons. The molecule has 0 heterocycles. The topological polar surface area (TPSA) is 46.2 Å². The van der Waals surface area contributed by atoms with Crippen molar-refractivity contribution in [3.8, 4) is 0 Å². The van der Waals surface area contributed by atoms with Crippen LogP contribution in [0, 0.1) is 6.92 Å². The molecule has 0 fully saturated rings. The lowest BCUT2D eigenvalue weighted by atomic mass is 10.2. The Labute approximate surface area is 126 Å². The van der Waals surface area contributed by atoms with Crippen LogP contribution >= 0.6 is 0 Å². The summed E-state index contributed by atoms with van der Waals surface area (Å²) in [4.78, 5) is 0.203. The second-order valence-electron chi connectivity index (χ2n) is 4.78. The Kier molecular flexibility index (Phi) is 4.46. The number of halogens is 3. The van der Waals surface area contributed by atoms with Crippen LogP contribution in [0.3, 0.4) is 0 Å². The molecule has 0 saturated carbocycles. The Morgan fingerprint density at radius 1 is 1.00 bits per heavy atom. The number of rotatable bonds is 4. The summed E-state index contributed by atoms with van der Waals surface area (Å²) in [5.41, 5.74) is 0.154. The second kappa shape index (κ2) is 6.00. The predicted octanol–water partition coefficient (Wildman–Crippen LogP) is 3.86. The molecule has 0 aliphatic heterocycles. The van der Waals surface area contributed by atoms with E-state index in [9.17, 15) is 21.6 Å². The van der Waals surface area contributed by atoms with E-state index in [0.717, 1.165) is 12.1 Å². The highest BCUT2D eigenvalue weighted by Crippen LogP contribution is 2.29. The first-order valence-electron chi connectivity index (χ1n) is 6.40. The number of sulfone groups is 1. The molecule has 2 aromatic carbocycles. The normalized spacial score (nSPS) is 12.2. The Morgan fingerprint density at radius 2 is 1.59 bits per heavy atom. The summed E-state index contributed by atoms with van der Waals surface area (Å²) < 4.78 is 61.8. The van der Waals surface area contributed by atoms with Gasteiger partial charge in [-0.2, -0.15) is 13.2 Å². The third kappa shape index (κ3) is 3.79. The summed E-state index contributed by atoms with van der Waals surface area (Å²) in [6, 6.07) is 10.8. The summed E-state index contributed by atoms with van der Waals surface area (Å²) in [5.74, 6) is -0.386. The molecule has 0 spiro atoms. The van der Waals surface area contributed by atoms with Gasteiger partial charge in [-0.3, -0.25) is 0 Å². The number of alkyl halides is 3. The van der Waals surface area contributed by atoms with Crippen LogP contribution in [0.4, 0.5) is 18.9 Å². The van der Waals surface area contributed by atoms with Crippen molar-refractivity contribution in [2.75, 3.05) is 11.2 Å². The van der Waals surface area contributed by atoms with Gasteiger partial charge in [0.15, 0.2) is 9.84 Å². The van der Waals surface area contributed by atoms with Gasteiger partial charge in [-0.1, -0.05) is 18.2 Å². The van der Waals surface area contributed by atoms with Crippen LogP contribution in [0.5, 0.6) is 0 Å². The van der Waals surface area contributed by atoms with E-state index in [4.69, 9.17) is 0 Å². The lowest BCUT2D eigenvalue weighted by Crippen LogP contribution is -2.16. The molecule has 0 bridgehead atoms. The van der Waals surface area contributed by atoms with Crippen molar-refractivity contribution in [2.45, 2.75) is 18.0 Å². The maximum atomic E-state index is 12.4. The summed E-state index contributed by atoms with van der Waals surface area (Å²) in [6.45, 7) is 1.69. The zero-order valence-electron chi connectivity index (χ0n) is 11.7. The van der Waals surface area contributed by atoms with E-state index in [1.54, 1.807) is 25.1 Å². The van der Waals surface area contributed by atoms with E-state index in [1.807, 2.05) is 0 Å². The maximum absolute atomic E-state index is 12.4. The van der Waals surface area contributed by atoms with Gasteiger partial charge in [0.2, 0.25) is 0 Å². The number of nitrogens with one attached hydrogen (secondary N) is 1. The first-order valence-corrected chi connectivity index (χ1v) is 8.05. The Hall–Kier alpha value is -2.02. The maximum Gasteiger partial charge on any atom is 0.416 e. The van der Waals surface area contributed by atoms with E-state index < -0.39 is 21.6 Å². The van der Waals surface area contributed by atoms with Crippen molar-refractivity contribution in [1.82, 2.24) is 0 Å². The Balaban J connectivity index is 2.11. The van der Waals surface area contributed by atoms with Crippen LogP contribution in [0.25, 0.3) is 0 Å². The molecule has 22 heavy (non-hydrogen) atoms. The minimum Gasteiger partial charge on any atom is -0.371 e. The molecule has 0 atom stereocenters. The summed E-state index contributed by atoms with van der Waals surface area (Å²) in [7, 11) is -3.56. The zero-order chi connectivity index (χ0) is 16.4. The molecule has 0 aliphatic carbocycles. The molecule has 7 heteroatoms. The van der Waals surface area contributed by atoms with Gasteiger partial charge < -0.3 is 5.32 Å². The highest BCUT2D eigenvalue weighted by Gasteiger charge is 2.30. The number of hydrogen-bond donors (Lipinski definition) is 1. The van der Waals surface area contributed by atoms with Gasteiger partial charge in [-0.25, -0.2) is 8.42 Å². The highest BCUT2D eigenvalue weighted by atomic mass is 32.2. The minimum atomic E-state index is -4.41. The molecule has 2 rings (SSSR count). The van der Waals surface area contributed by atoms with Crippen LogP contribution in [-0.4, -0.2) is 14.3 Å². The van der Waals surface area contributed by atoms with Crippen molar-refractivity contribution < 1.29 is 21.6 Å². The molecule has 0 aliphatic rings. The molecule has 0 aromatic heterocycles. The van der Waals surface area contributed by atoms with Gasteiger partial charge in [0.1, 0.15) is 5.88 Å². The van der Waals surface area contributed by atoms with Gasteiger partial charge in [0, 0.05) is 5.69 Å². The van der Waals surface area contributed by atoms with Crippen molar-refractivity contribution in [1.29, 1.82) is 0 Å². The molecule has 118 valence electrons. The molecule has 0 amide bonds. The Bertz CT molecular complexity index is 753. The minimum absolute atomic E-state index is 0.203. The first kappa shape index (κ1) is 16.4. The third-order valence-corrected chi connectivity index (χ3v) is 4.76. The predicted molar refractivity (Wildman–Crippen MR) is 78.3 cm³/mol. The van der Waals surface area contributed by atoms with Crippen LogP contribution in [0.1, 0.15) is 11.1 Å². The van der Waals surface area contributed by atoms with Gasteiger partial charge in [0.05, 0.1) is 10.5 Å². The highest BCUT2D eigenvalue weighted by molar-refractivity contribution is 7.91. The average molecular weight is 329 g/mol. The van der Waals surface area contributed by atoms with Crippen LogP contribution in [0.2, 0.25) is 0 Å².